The largest absolute Gasteiger partial charge is 0.508 e. The van der Waals surface area contributed by atoms with Crippen molar-refractivity contribution in [1.29, 1.82) is 5.26 Å². The summed E-state index contributed by atoms with van der Waals surface area (Å²) in [6.45, 7) is 1.66. The van der Waals surface area contributed by atoms with Crippen molar-refractivity contribution in [2.24, 2.45) is 0 Å². The summed E-state index contributed by atoms with van der Waals surface area (Å²) in [5, 5.41) is 18.0. The first-order chi connectivity index (χ1) is 9.42. The molecule has 0 atom stereocenters. The normalized spacial score (nSPS) is 10.8. The van der Waals surface area contributed by atoms with Crippen molar-refractivity contribution in [3.05, 3.63) is 47.8 Å². The molecule has 0 aliphatic rings. The SMILES string of the molecule is Cc1cc(NS(=O)(=O)c2ccc(C#N)nc2)ccc1O. The number of aryl methyl sites for hydroxylation is 1. The third-order valence-electron chi connectivity index (χ3n) is 2.61. The molecule has 0 unspecified atom stereocenters. The van der Waals surface area contributed by atoms with Gasteiger partial charge in [-0.3, -0.25) is 4.72 Å². The molecule has 0 fully saturated rings. The number of pyridine rings is 1. The summed E-state index contributed by atoms with van der Waals surface area (Å²) in [5.74, 6) is 0.0907. The average Bonchev–Trinajstić information content (AvgIpc) is 2.43. The van der Waals surface area contributed by atoms with Crippen LogP contribution in [0, 0.1) is 18.3 Å². The molecule has 0 aliphatic heterocycles. The lowest BCUT2D eigenvalue weighted by atomic mass is 10.2. The summed E-state index contributed by atoms with van der Waals surface area (Å²) in [4.78, 5) is 3.68. The van der Waals surface area contributed by atoms with E-state index in [0.29, 0.717) is 11.3 Å². The van der Waals surface area contributed by atoms with E-state index in [-0.39, 0.29) is 16.3 Å². The highest BCUT2D eigenvalue weighted by atomic mass is 32.2. The molecule has 2 rings (SSSR count). The lowest BCUT2D eigenvalue weighted by Crippen LogP contribution is -2.13. The first-order valence-corrected chi connectivity index (χ1v) is 7.09. The molecule has 0 radical (unpaired) electrons. The molecule has 0 saturated carbocycles. The molecule has 0 saturated heterocycles. The van der Waals surface area contributed by atoms with Crippen LogP contribution in [0.1, 0.15) is 11.3 Å². The quantitative estimate of drug-likeness (QED) is 0.838. The van der Waals surface area contributed by atoms with E-state index in [0.717, 1.165) is 6.20 Å². The van der Waals surface area contributed by atoms with Crippen molar-refractivity contribution in [3.63, 3.8) is 0 Å². The maximum absolute atomic E-state index is 12.1. The lowest BCUT2D eigenvalue weighted by Gasteiger charge is -2.09. The Kier molecular flexibility index (Phi) is 3.59. The number of sulfonamides is 1. The number of nitrogens with zero attached hydrogens (tertiary/aromatic N) is 2. The number of hydrogen-bond donors (Lipinski definition) is 2. The van der Waals surface area contributed by atoms with Crippen LogP contribution < -0.4 is 4.72 Å². The van der Waals surface area contributed by atoms with Gasteiger partial charge in [0, 0.05) is 11.9 Å². The van der Waals surface area contributed by atoms with Crippen molar-refractivity contribution in [1.82, 2.24) is 4.98 Å². The molecule has 0 aliphatic carbocycles. The van der Waals surface area contributed by atoms with Crippen LogP contribution in [0.4, 0.5) is 5.69 Å². The minimum absolute atomic E-state index is 0.0396. The molecule has 0 bridgehead atoms. The Morgan fingerprint density at radius 1 is 1.30 bits per heavy atom. The van der Waals surface area contributed by atoms with Gasteiger partial charge in [0.25, 0.3) is 10.0 Å². The highest BCUT2D eigenvalue weighted by Gasteiger charge is 2.15. The van der Waals surface area contributed by atoms with Crippen molar-refractivity contribution < 1.29 is 13.5 Å². The predicted octanol–water partition coefficient (Wildman–Crippen LogP) is 1.77. The predicted molar refractivity (Wildman–Crippen MR) is 72.6 cm³/mol. The van der Waals surface area contributed by atoms with Crippen LogP contribution in [0.2, 0.25) is 0 Å². The Bertz CT molecular complexity index is 777. The van der Waals surface area contributed by atoms with E-state index in [9.17, 15) is 13.5 Å². The summed E-state index contributed by atoms with van der Waals surface area (Å²) < 4.78 is 26.6. The zero-order valence-electron chi connectivity index (χ0n) is 10.5. The third-order valence-corrected chi connectivity index (χ3v) is 3.98. The van der Waals surface area contributed by atoms with Crippen LogP contribution in [-0.2, 0) is 10.0 Å². The number of aromatic nitrogens is 1. The number of anilines is 1. The Hall–Kier alpha value is -2.59. The molecule has 7 heteroatoms. The van der Waals surface area contributed by atoms with Crippen molar-refractivity contribution in [2.45, 2.75) is 11.8 Å². The summed E-state index contributed by atoms with van der Waals surface area (Å²) >= 11 is 0. The van der Waals surface area contributed by atoms with Crippen LogP contribution in [0.5, 0.6) is 5.75 Å². The van der Waals surface area contributed by atoms with Gasteiger partial charge in [0.15, 0.2) is 0 Å². The summed E-state index contributed by atoms with van der Waals surface area (Å²) in [5.41, 5.74) is 1.04. The molecule has 0 spiro atoms. The number of aromatic hydroxyl groups is 1. The van der Waals surface area contributed by atoms with E-state index < -0.39 is 10.0 Å². The van der Waals surface area contributed by atoms with Crippen LogP contribution >= 0.6 is 0 Å². The van der Waals surface area contributed by atoms with E-state index in [1.165, 1.54) is 30.3 Å². The Morgan fingerprint density at radius 3 is 2.60 bits per heavy atom. The number of rotatable bonds is 3. The Balaban J connectivity index is 2.30. The van der Waals surface area contributed by atoms with Gasteiger partial charge in [-0.1, -0.05) is 0 Å². The first-order valence-electron chi connectivity index (χ1n) is 5.61. The van der Waals surface area contributed by atoms with Gasteiger partial charge in [0.05, 0.1) is 0 Å². The highest BCUT2D eigenvalue weighted by Crippen LogP contribution is 2.22. The fraction of sp³-hybridized carbons (Fsp3) is 0.0769. The molecule has 1 aromatic carbocycles. The maximum atomic E-state index is 12.1. The van der Waals surface area contributed by atoms with E-state index in [2.05, 4.69) is 9.71 Å². The van der Waals surface area contributed by atoms with Gasteiger partial charge in [-0.15, -0.1) is 0 Å². The van der Waals surface area contributed by atoms with E-state index in [1.807, 2.05) is 6.07 Å². The van der Waals surface area contributed by atoms with E-state index >= 15 is 0 Å². The van der Waals surface area contributed by atoms with Crippen LogP contribution in [-0.4, -0.2) is 18.5 Å². The molecule has 2 N–H and O–H groups in total. The standard InChI is InChI=1S/C13H11N3O3S/c1-9-6-10(3-5-13(9)17)16-20(18,19)12-4-2-11(7-14)15-8-12/h2-6,8,16-17H,1H3. The summed E-state index contributed by atoms with van der Waals surface area (Å²) in [6.07, 6.45) is 1.12. The van der Waals surface area contributed by atoms with Crippen molar-refractivity contribution >= 4 is 15.7 Å². The number of nitrogens with one attached hydrogen (secondary N) is 1. The minimum atomic E-state index is -3.77. The fourth-order valence-electron chi connectivity index (χ4n) is 1.54. The van der Waals surface area contributed by atoms with Gasteiger partial charge < -0.3 is 5.11 Å². The number of hydrogen-bond acceptors (Lipinski definition) is 5. The van der Waals surface area contributed by atoms with Gasteiger partial charge in [-0.2, -0.15) is 5.26 Å². The summed E-state index contributed by atoms with van der Waals surface area (Å²) in [6, 6.07) is 8.83. The molecule has 1 heterocycles. The minimum Gasteiger partial charge on any atom is -0.508 e. The molecular weight excluding hydrogens is 278 g/mol. The molecule has 0 amide bonds. The van der Waals surface area contributed by atoms with Gasteiger partial charge in [-0.25, -0.2) is 13.4 Å². The van der Waals surface area contributed by atoms with Gasteiger partial charge in [0.2, 0.25) is 0 Å². The van der Waals surface area contributed by atoms with Crippen LogP contribution in [0.25, 0.3) is 0 Å². The second kappa shape index (κ2) is 5.19. The van der Waals surface area contributed by atoms with Gasteiger partial charge >= 0.3 is 0 Å². The molecule has 2 aromatic rings. The zero-order valence-corrected chi connectivity index (χ0v) is 11.3. The number of benzene rings is 1. The molecule has 1 aromatic heterocycles. The molecular formula is C13H11N3O3S. The highest BCUT2D eigenvalue weighted by molar-refractivity contribution is 7.92. The van der Waals surface area contributed by atoms with E-state index in [1.54, 1.807) is 6.92 Å². The number of nitriles is 1. The topological polar surface area (TPSA) is 103 Å². The number of phenols is 1. The van der Waals surface area contributed by atoms with Crippen molar-refractivity contribution in [3.8, 4) is 11.8 Å². The molecule has 6 nitrogen and oxygen atoms in total. The molecule has 20 heavy (non-hydrogen) atoms. The second-order valence-corrected chi connectivity index (χ2v) is 5.78. The van der Waals surface area contributed by atoms with Crippen LogP contribution in [0.3, 0.4) is 0 Å². The Labute approximate surface area is 116 Å². The van der Waals surface area contributed by atoms with Crippen molar-refractivity contribution in [2.75, 3.05) is 4.72 Å². The van der Waals surface area contributed by atoms with Gasteiger partial charge in [0.1, 0.15) is 22.4 Å². The smallest absolute Gasteiger partial charge is 0.263 e. The maximum Gasteiger partial charge on any atom is 0.263 e. The fourth-order valence-corrected chi connectivity index (χ4v) is 2.53. The average molecular weight is 289 g/mol. The summed E-state index contributed by atoms with van der Waals surface area (Å²) in [7, 11) is -3.77. The van der Waals surface area contributed by atoms with Gasteiger partial charge in [-0.05, 0) is 42.8 Å². The third kappa shape index (κ3) is 2.87. The second-order valence-electron chi connectivity index (χ2n) is 4.10. The van der Waals surface area contributed by atoms with Crippen LogP contribution in [0.15, 0.2) is 41.4 Å². The van der Waals surface area contributed by atoms with E-state index in [4.69, 9.17) is 5.26 Å². The lowest BCUT2D eigenvalue weighted by molar-refractivity contribution is 0.471. The molecule has 102 valence electrons. The first kappa shape index (κ1) is 13.8. The zero-order chi connectivity index (χ0) is 14.8. The monoisotopic (exact) mass is 289 g/mol. The Morgan fingerprint density at radius 2 is 2.05 bits per heavy atom. The number of phenolic OH excluding ortho intramolecular Hbond substituents is 1.